The van der Waals surface area contributed by atoms with Crippen LogP contribution in [0, 0.1) is 0 Å². The molecule has 0 aliphatic carbocycles. The summed E-state index contributed by atoms with van der Waals surface area (Å²) in [6, 6.07) is 0. The Morgan fingerprint density at radius 1 is 0.909 bits per heavy atom. The van der Waals surface area contributed by atoms with E-state index in [0.717, 1.165) is 12.5 Å². The Hall–Kier alpha value is -0.180. The molecule has 0 aliphatic rings. The van der Waals surface area contributed by atoms with Gasteiger partial charge in [-0.05, 0) is 0 Å². The van der Waals surface area contributed by atoms with E-state index < -0.39 is 27.0 Å². The predicted molar refractivity (Wildman–Crippen MR) is 36.7 cm³/mol. The SMILES string of the molecule is CS(=O)(=O)OCOS(C)(=O)=O. The second-order valence-corrected chi connectivity index (χ2v) is 5.05. The average Bonchev–Trinajstić information content (AvgIpc) is 1.55. The minimum absolute atomic E-state index is 0.790. The van der Waals surface area contributed by atoms with Gasteiger partial charge in [0.15, 0.2) is 6.79 Å². The highest BCUT2D eigenvalue weighted by Crippen LogP contribution is 1.91. The van der Waals surface area contributed by atoms with Crippen LogP contribution in [0.15, 0.2) is 0 Å². The zero-order chi connectivity index (χ0) is 9.12. The summed E-state index contributed by atoms with van der Waals surface area (Å²) in [6.45, 7) is -0.808. The van der Waals surface area contributed by atoms with Gasteiger partial charge < -0.3 is 0 Å². The quantitative estimate of drug-likeness (QED) is 0.426. The van der Waals surface area contributed by atoms with Gasteiger partial charge in [0.25, 0.3) is 20.2 Å². The monoisotopic (exact) mass is 204 g/mol. The van der Waals surface area contributed by atoms with E-state index in [2.05, 4.69) is 8.37 Å². The van der Waals surface area contributed by atoms with Crippen LogP contribution >= 0.6 is 0 Å². The van der Waals surface area contributed by atoms with Crippen molar-refractivity contribution >= 4 is 20.2 Å². The van der Waals surface area contributed by atoms with Crippen molar-refractivity contribution in [2.75, 3.05) is 19.3 Å². The van der Waals surface area contributed by atoms with Crippen LogP contribution < -0.4 is 0 Å². The molecule has 0 aromatic heterocycles. The molecule has 0 heterocycles. The lowest BCUT2D eigenvalue weighted by molar-refractivity contribution is 0.135. The molecule has 0 bridgehead atoms. The van der Waals surface area contributed by atoms with Gasteiger partial charge >= 0.3 is 0 Å². The molecule has 8 heteroatoms. The second-order valence-electron chi connectivity index (χ2n) is 1.76. The van der Waals surface area contributed by atoms with Crippen LogP contribution in [0.25, 0.3) is 0 Å². The number of hydrogen-bond donors (Lipinski definition) is 0. The molecule has 0 atom stereocenters. The van der Waals surface area contributed by atoms with Crippen LogP contribution in [0.4, 0.5) is 0 Å². The highest BCUT2D eigenvalue weighted by molar-refractivity contribution is 7.86. The van der Waals surface area contributed by atoms with E-state index in [1.54, 1.807) is 0 Å². The predicted octanol–water partition coefficient (Wildman–Crippen LogP) is -1.10. The molecule has 0 saturated carbocycles. The lowest BCUT2D eigenvalue weighted by Gasteiger charge is -1.99. The average molecular weight is 204 g/mol. The summed E-state index contributed by atoms with van der Waals surface area (Å²) >= 11 is 0. The smallest absolute Gasteiger partial charge is 0.240 e. The van der Waals surface area contributed by atoms with E-state index >= 15 is 0 Å². The first-order valence-electron chi connectivity index (χ1n) is 2.39. The zero-order valence-corrected chi connectivity index (χ0v) is 7.61. The van der Waals surface area contributed by atoms with Crippen LogP contribution in [0.3, 0.4) is 0 Å². The largest absolute Gasteiger partial charge is 0.266 e. The summed E-state index contributed by atoms with van der Waals surface area (Å²) in [5, 5.41) is 0. The molecule has 0 rings (SSSR count). The standard InChI is InChI=1S/C3H8O6S2/c1-10(4,5)8-3-9-11(2,6)7/h3H2,1-2H3. The Balaban J connectivity index is 3.79. The Morgan fingerprint density at radius 2 is 1.18 bits per heavy atom. The van der Waals surface area contributed by atoms with E-state index in [1.807, 2.05) is 0 Å². The first-order valence-corrected chi connectivity index (χ1v) is 6.03. The molecule has 0 amide bonds. The van der Waals surface area contributed by atoms with Crippen LogP contribution in [-0.2, 0) is 28.6 Å². The van der Waals surface area contributed by atoms with Gasteiger partial charge in [-0.15, -0.1) is 0 Å². The van der Waals surface area contributed by atoms with Crippen LogP contribution in [0.5, 0.6) is 0 Å². The Morgan fingerprint density at radius 3 is 1.36 bits per heavy atom. The molecule has 0 saturated heterocycles. The maximum Gasteiger partial charge on any atom is 0.266 e. The zero-order valence-electron chi connectivity index (χ0n) is 5.97. The van der Waals surface area contributed by atoms with E-state index in [1.165, 1.54) is 0 Å². The summed E-state index contributed by atoms with van der Waals surface area (Å²) in [7, 11) is -7.27. The van der Waals surface area contributed by atoms with Crippen LogP contribution in [-0.4, -0.2) is 36.1 Å². The van der Waals surface area contributed by atoms with Crippen molar-refractivity contribution in [2.24, 2.45) is 0 Å². The molecular formula is C3H8O6S2. The fraction of sp³-hybridized carbons (Fsp3) is 1.00. The second kappa shape index (κ2) is 3.48. The van der Waals surface area contributed by atoms with Crippen LogP contribution in [0.2, 0.25) is 0 Å². The summed E-state index contributed by atoms with van der Waals surface area (Å²) in [5.74, 6) is 0. The topological polar surface area (TPSA) is 86.7 Å². The Labute approximate surface area is 65.4 Å². The summed E-state index contributed by atoms with van der Waals surface area (Å²) in [4.78, 5) is 0. The summed E-state index contributed by atoms with van der Waals surface area (Å²) in [5.41, 5.74) is 0. The fourth-order valence-corrected chi connectivity index (χ4v) is 0.701. The molecule has 0 radical (unpaired) electrons. The van der Waals surface area contributed by atoms with E-state index in [0.29, 0.717) is 0 Å². The Bertz CT molecular complexity index is 265. The molecule has 0 aliphatic heterocycles. The van der Waals surface area contributed by atoms with Gasteiger partial charge in [-0.25, -0.2) is 8.37 Å². The highest BCUT2D eigenvalue weighted by atomic mass is 32.2. The molecule has 0 fully saturated rings. The fourth-order valence-electron chi connectivity index (χ4n) is 0.194. The van der Waals surface area contributed by atoms with Crippen molar-refractivity contribution in [1.82, 2.24) is 0 Å². The maximum atomic E-state index is 10.2. The van der Waals surface area contributed by atoms with Gasteiger partial charge in [-0.2, -0.15) is 16.8 Å². The van der Waals surface area contributed by atoms with E-state index in [4.69, 9.17) is 0 Å². The van der Waals surface area contributed by atoms with E-state index in [9.17, 15) is 16.8 Å². The lowest BCUT2D eigenvalue weighted by Crippen LogP contribution is -2.10. The van der Waals surface area contributed by atoms with Crippen molar-refractivity contribution in [3.05, 3.63) is 0 Å². The van der Waals surface area contributed by atoms with Gasteiger partial charge in [-0.3, -0.25) is 0 Å². The third kappa shape index (κ3) is 9.82. The minimum Gasteiger partial charge on any atom is -0.240 e. The molecule has 11 heavy (non-hydrogen) atoms. The van der Waals surface area contributed by atoms with Crippen molar-refractivity contribution in [3.63, 3.8) is 0 Å². The molecule has 6 nitrogen and oxygen atoms in total. The molecule has 0 aromatic carbocycles. The summed E-state index contributed by atoms with van der Waals surface area (Å²) < 4.78 is 48.8. The molecule has 0 aromatic rings. The van der Waals surface area contributed by atoms with Crippen LogP contribution in [0.1, 0.15) is 0 Å². The molecular weight excluding hydrogens is 196 g/mol. The normalized spacial score (nSPS) is 13.3. The minimum atomic E-state index is -3.64. The molecule has 0 spiro atoms. The Kier molecular flexibility index (Phi) is 3.42. The van der Waals surface area contributed by atoms with Crippen molar-refractivity contribution in [3.8, 4) is 0 Å². The summed E-state index contributed by atoms with van der Waals surface area (Å²) in [6.07, 6.45) is 1.58. The van der Waals surface area contributed by atoms with E-state index in [-0.39, 0.29) is 0 Å². The first-order chi connectivity index (χ1) is 4.71. The molecule has 0 N–H and O–H groups in total. The molecule has 0 unspecified atom stereocenters. The lowest BCUT2D eigenvalue weighted by atomic mass is 11.6. The van der Waals surface area contributed by atoms with Gasteiger partial charge in [-0.1, -0.05) is 0 Å². The van der Waals surface area contributed by atoms with Gasteiger partial charge in [0.05, 0.1) is 12.5 Å². The first kappa shape index (κ1) is 10.8. The molecule has 68 valence electrons. The number of hydrogen-bond acceptors (Lipinski definition) is 6. The third-order valence-corrected chi connectivity index (χ3v) is 1.57. The highest BCUT2D eigenvalue weighted by Gasteiger charge is 2.05. The van der Waals surface area contributed by atoms with Gasteiger partial charge in [0.2, 0.25) is 0 Å². The third-order valence-electron chi connectivity index (χ3n) is 0.524. The van der Waals surface area contributed by atoms with Crippen molar-refractivity contribution in [1.29, 1.82) is 0 Å². The van der Waals surface area contributed by atoms with Crippen molar-refractivity contribution < 1.29 is 25.2 Å². The maximum absolute atomic E-state index is 10.2. The van der Waals surface area contributed by atoms with Gasteiger partial charge in [0.1, 0.15) is 0 Å². The number of rotatable bonds is 4. The van der Waals surface area contributed by atoms with Crippen molar-refractivity contribution in [2.45, 2.75) is 0 Å². The van der Waals surface area contributed by atoms with Gasteiger partial charge in [0, 0.05) is 0 Å².